The number of rotatable bonds is 9. The monoisotopic (exact) mass is 265 g/mol. The molecule has 0 radical (unpaired) electrons. The van der Waals surface area contributed by atoms with Gasteiger partial charge in [-0.2, -0.15) is 0 Å². The standard InChI is InChI=1S/C11H27NO4Si/c1-7-13-17(9-3,14-8-2)16-11(6,12)15-10(4)5/h10H,7-9,12H2,1-6H3. The van der Waals surface area contributed by atoms with Crippen LogP contribution in [0.2, 0.25) is 6.04 Å². The fraction of sp³-hybridized carbons (Fsp3) is 1.00. The van der Waals surface area contributed by atoms with Gasteiger partial charge in [0.1, 0.15) is 0 Å². The zero-order chi connectivity index (χ0) is 13.5. The van der Waals surface area contributed by atoms with Gasteiger partial charge < -0.3 is 18.0 Å². The predicted molar refractivity (Wildman–Crippen MR) is 69.4 cm³/mol. The minimum absolute atomic E-state index is 0.0168. The Labute approximate surface area is 106 Å². The van der Waals surface area contributed by atoms with Crippen LogP contribution in [0.3, 0.4) is 0 Å². The fourth-order valence-corrected chi connectivity index (χ4v) is 3.92. The van der Waals surface area contributed by atoms with Gasteiger partial charge in [0.05, 0.1) is 6.10 Å². The molecule has 0 heterocycles. The molecule has 0 aromatic heterocycles. The lowest BCUT2D eigenvalue weighted by atomic mass is 10.4. The molecule has 0 saturated carbocycles. The second-order valence-electron chi connectivity index (χ2n) is 4.19. The van der Waals surface area contributed by atoms with Crippen LogP contribution in [0.25, 0.3) is 0 Å². The summed E-state index contributed by atoms with van der Waals surface area (Å²) in [6, 6.07) is 0.670. The highest BCUT2D eigenvalue weighted by Gasteiger charge is 2.44. The molecule has 0 aliphatic rings. The van der Waals surface area contributed by atoms with E-state index in [9.17, 15) is 0 Å². The van der Waals surface area contributed by atoms with E-state index in [0.29, 0.717) is 19.3 Å². The first-order valence-electron chi connectivity index (χ1n) is 6.25. The maximum absolute atomic E-state index is 5.97. The van der Waals surface area contributed by atoms with Gasteiger partial charge in [-0.3, -0.25) is 5.73 Å². The van der Waals surface area contributed by atoms with Crippen LogP contribution < -0.4 is 5.73 Å². The molecule has 1 atom stereocenters. The Morgan fingerprint density at radius 2 is 1.59 bits per heavy atom. The molecule has 6 heteroatoms. The van der Waals surface area contributed by atoms with Crippen molar-refractivity contribution in [2.75, 3.05) is 13.2 Å². The molecule has 2 N–H and O–H groups in total. The molecule has 5 nitrogen and oxygen atoms in total. The molecular formula is C11H27NO4Si. The summed E-state index contributed by atoms with van der Waals surface area (Å²) in [5.74, 6) is -1.18. The first kappa shape index (κ1) is 17.0. The Bertz CT molecular complexity index is 206. The van der Waals surface area contributed by atoms with E-state index in [1.165, 1.54) is 0 Å². The summed E-state index contributed by atoms with van der Waals surface area (Å²) in [7, 11) is -2.72. The average Bonchev–Trinajstić information content (AvgIpc) is 2.15. The van der Waals surface area contributed by atoms with Gasteiger partial charge in [-0.15, -0.1) is 0 Å². The third kappa shape index (κ3) is 6.49. The largest absolute Gasteiger partial charge is 0.503 e. The molecule has 0 spiro atoms. The number of hydrogen-bond acceptors (Lipinski definition) is 5. The van der Waals surface area contributed by atoms with Crippen molar-refractivity contribution in [3.8, 4) is 0 Å². The summed E-state index contributed by atoms with van der Waals surface area (Å²) in [4.78, 5) is 0. The maximum Gasteiger partial charge on any atom is 0.503 e. The lowest BCUT2D eigenvalue weighted by Gasteiger charge is -2.36. The highest BCUT2D eigenvalue weighted by atomic mass is 28.4. The van der Waals surface area contributed by atoms with E-state index in [-0.39, 0.29) is 6.10 Å². The Balaban J connectivity index is 4.70. The van der Waals surface area contributed by atoms with E-state index in [1.807, 2.05) is 34.6 Å². The van der Waals surface area contributed by atoms with Crippen LogP contribution in [-0.4, -0.2) is 34.0 Å². The van der Waals surface area contributed by atoms with Crippen LogP contribution in [0.15, 0.2) is 0 Å². The molecule has 17 heavy (non-hydrogen) atoms. The third-order valence-electron chi connectivity index (χ3n) is 1.99. The maximum atomic E-state index is 5.97. The van der Waals surface area contributed by atoms with Gasteiger partial charge in [0.2, 0.25) is 5.91 Å². The van der Waals surface area contributed by atoms with Gasteiger partial charge in [-0.1, -0.05) is 6.92 Å². The van der Waals surface area contributed by atoms with Crippen LogP contribution in [0, 0.1) is 0 Å². The summed E-state index contributed by atoms with van der Waals surface area (Å²) in [6.45, 7) is 12.4. The van der Waals surface area contributed by atoms with Crippen molar-refractivity contribution in [1.29, 1.82) is 0 Å². The van der Waals surface area contributed by atoms with E-state index >= 15 is 0 Å². The van der Waals surface area contributed by atoms with Crippen molar-refractivity contribution in [3.63, 3.8) is 0 Å². The van der Waals surface area contributed by atoms with Gasteiger partial charge in [-0.05, 0) is 27.7 Å². The van der Waals surface area contributed by atoms with Gasteiger partial charge >= 0.3 is 8.80 Å². The van der Waals surface area contributed by atoms with Crippen LogP contribution >= 0.6 is 0 Å². The van der Waals surface area contributed by atoms with Crippen molar-refractivity contribution in [1.82, 2.24) is 0 Å². The highest BCUT2D eigenvalue weighted by molar-refractivity contribution is 6.60. The SMILES string of the molecule is CCO[Si](CC)(OCC)OC(C)(N)OC(C)C. The van der Waals surface area contributed by atoms with Crippen LogP contribution in [0.4, 0.5) is 0 Å². The van der Waals surface area contributed by atoms with Crippen LogP contribution in [0.5, 0.6) is 0 Å². The molecular weight excluding hydrogens is 238 g/mol. The van der Waals surface area contributed by atoms with E-state index in [2.05, 4.69) is 0 Å². The lowest BCUT2D eigenvalue weighted by Crippen LogP contribution is -2.57. The van der Waals surface area contributed by atoms with Crippen molar-refractivity contribution < 1.29 is 18.0 Å². The van der Waals surface area contributed by atoms with Gasteiger partial charge in [0.15, 0.2) is 0 Å². The van der Waals surface area contributed by atoms with Crippen molar-refractivity contribution in [2.45, 2.75) is 59.6 Å². The van der Waals surface area contributed by atoms with Crippen molar-refractivity contribution in [3.05, 3.63) is 0 Å². The Kier molecular flexibility index (Phi) is 7.46. The van der Waals surface area contributed by atoms with Crippen LogP contribution in [-0.2, 0) is 18.0 Å². The van der Waals surface area contributed by atoms with Crippen molar-refractivity contribution in [2.24, 2.45) is 5.73 Å². The normalized spacial score (nSPS) is 16.2. The molecule has 0 aromatic rings. The Morgan fingerprint density at radius 1 is 1.12 bits per heavy atom. The Morgan fingerprint density at radius 3 is 1.88 bits per heavy atom. The zero-order valence-electron chi connectivity index (χ0n) is 11.9. The molecule has 1 unspecified atom stereocenters. The van der Waals surface area contributed by atoms with Gasteiger partial charge in [-0.25, -0.2) is 0 Å². The zero-order valence-corrected chi connectivity index (χ0v) is 12.9. The number of hydrogen-bond donors (Lipinski definition) is 1. The summed E-state index contributed by atoms with van der Waals surface area (Å²) < 4.78 is 22.7. The number of nitrogens with two attached hydrogens (primary N) is 1. The topological polar surface area (TPSA) is 62.9 Å². The van der Waals surface area contributed by atoms with Gasteiger partial charge in [0.25, 0.3) is 0 Å². The van der Waals surface area contributed by atoms with Gasteiger partial charge in [0, 0.05) is 26.2 Å². The fourth-order valence-electron chi connectivity index (χ4n) is 1.62. The first-order valence-corrected chi connectivity index (χ1v) is 8.18. The van der Waals surface area contributed by atoms with E-state index in [4.69, 9.17) is 23.7 Å². The molecule has 0 rings (SSSR count). The summed E-state index contributed by atoms with van der Waals surface area (Å²) >= 11 is 0. The molecule has 0 bridgehead atoms. The molecule has 0 aliphatic heterocycles. The lowest BCUT2D eigenvalue weighted by molar-refractivity contribution is -0.213. The molecule has 0 aliphatic carbocycles. The third-order valence-corrected chi connectivity index (χ3v) is 5.03. The summed E-state index contributed by atoms with van der Waals surface area (Å²) in [5, 5.41) is 0. The van der Waals surface area contributed by atoms with E-state index in [0.717, 1.165) is 0 Å². The van der Waals surface area contributed by atoms with E-state index in [1.54, 1.807) is 6.92 Å². The predicted octanol–water partition coefficient (Wildman–Crippen LogP) is 2.09. The second-order valence-corrected chi connectivity index (χ2v) is 7.04. The summed E-state index contributed by atoms with van der Waals surface area (Å²) in [6.07, 6.45) is -0.0168. The smallest absolute Gasteiger partial charge is 0.374 e. The molecule has 0 amide bonds. The second kappa shape index (κ2) is 7.45. The summed E-state index contributed by atoms with van der Waals surface area (Å²) in [5.41, 5.74) is 5.97. The molecule has 104 valence electrons. The van der Waals surface area contributed by atoms with Crippen LogP contribution in [0.1, 0.15) is 41.5 Å². The molecule has 0 fully saturated rings. The van der Waals surface area contributed by atoms with E-state index < -0.39 is 14.7 Å². The minimum Gasteiger partial charge on any atom is -0.374 e. The minimum atomic E-state index is -2.72. The van der Waals surface area contributed by atoms with Crippen molar-refractivity contribution >= 4 is 8.80 Å². The molecule has 0 saturated heterocycles. The first-order chi connectivity index (χ1) is 7.81. The molecule has 0 aromatic carbocycles. The average molecular weight is 265 g/mol. The Hall–Kier alpha value is 0.0169. The number of ether oxygens (including phenoxy) is 1. The quantitative estimate of drug-likeness (QED) is 0.511. The highest BCUT2D eigenvalue weighted by Crippen LogP contribution is 2.22.